The summed E-state index contributed by atoms with van der Waals surface area (Å²) in [6.45, 7) is 12.8. The Morgan fingerprint density at radius 1 is 1.00 bits per heavy atom. The van der Waals surface area contributed by atoms with Crippen LogP contribution >= 0.6 is 24.0 Å². The van der Waals surface area contributed by atoms with E-state index in [2.05, 4.69) is 26.9 Å². The number of likely N-dealkylation sites (tertiary alicyclic amines) is 1. The molecule has 1 N–H and O–H groups in total. The number of hydrogen-bond donors (Lipinski definition) is 1. The fourth-order valence-electron chi connectivity index (χ4n) is 5.09. The largest absolute Gasteiger partial charge is 0.357 e. The second-order valence-corrected chi connectivity index (χ2v) is 7.89. The fourth-order valence-corrected chi connectivity index (χ4v) is 5.09. The van der Waals surface area contributed by atoms with Gasteiger partial charge in [0.2, 0.25) is 0 Å². The Morgan fingerprint density at radius 3 is 2.21 bits per heavy atom. The fraction of sp³-hybridized carbons (Fsp3) is 0.944. The maximum absolute atomic E-state index is 5.06. The average molecular weight is 447 g/mol. The van der Waals surface area contributed by atoms with Gasteiger partial charge in [0, 0.05) is 58.4 Å². The predicted octanol–water partition coefficient (Wildman–Crippen LogP) is 1.69. The molecule has 0 spiro atoms. The van der Waals surface area contributed by atoms with E-state index in [0.717, 1.165) is 24.9 Å². The number of fused-ring (bicyclic) bond motifs is 4. The molecule has 3 unspecified atom stereocenters. The zero-order valence-electron chi connectivity index (χ0n) is 15.1. The summed E-state index contributed by atoms with van der Waals surface area (Å²) < 4.78 is 0. The molecule has 138 valence electrons. The minimum absolute atomic E-state index is 0. The van der Waals surface area contributed by atoms with Gasteiger partial charge in [-0.2, -0.15) is 0 Å². The average Bonchev–Trinajstić information content (AvgIpc) is 3.03. The molecule has 5 aliphatic rings. The first-order valence-corrected chi connectivity index (χ1v) is 9.83. The minimum atomic E-state index is 0. The van der Waals surface area contributed by atoms with Crippen LogP contribution in [0.3, 0.4) is 0 Å². The van der Waals surface area contributed by atoms with Crippen LogP contribution in [0, 0.1) is 11.8 Å². The van der Waals surface area contributed by atoms with E-state index in [-0.39, 0.29) is 24.0 Å². The number of aliphatic imine (C=N–C) groups is 1. The van der Waals surface area contributed by atoms with Crippen molar-refractivity contribution >= 4 is 29.9 Å². The number of piperazine rings is 3. The van der Waals surface area contributed by atoms with Crippen molar-refractivity contribution in [1.29, 1.82) is 0 Å². The van der Waals surface area contributed by atoms with Crippen molar-refractivity contribution < 1.29 is 0 Å². The molecule has 0 radical (unpaired) electrons. The molecule has 2 bridgehead atoms. The van der Waals surface area contributed by atoms with Crippen molar-refractivity contribution in [3.63, 3.8) is 0 Å². The Labute approximate surface area is 164 Å². The minimum Gasteiger partial charge on any atom is -0.357 e. The Kier molecular flexibility index (Phi) is 6.65. The molecule has 0 amide bonds. The lowest BCUT2D eigenvalue weighted by Crippen LogP contribution is -2.62. The van der Waals surface area contributed by atoms with Crippen LogP contribution in [-0.2, 0) is 0 Å². The smallest absolute Gasteiger partial charge is 0.193 e. The SMILES string of the molecule is CCNC(=NCC1CN2CCN1CC2)N1CC2CCCCC2C1.I. The summed E-state index contributed by atoms with van der Waals surface area (Å²) in [6, 6.07) is 0.635. The molecule has 1 saturated carbocycles. The van der Waals surface area contributed by atoms with Crippen LogP contribution in [0.1, 0.15) is 32.6 Å². The molecule has 0 aromatic rings. The number of guanidine groups is 1. The summed E-state index contributed by atoms with van der Waals surface area (Å²) in [4.78, 5) is 12.9. The van der Waals surface area contributed by atoms with Crippen LogP contribution in [0.4, 0.5) is 0 Å². The lowest BCUT2D eigenvalue weighted by Gasteiger charge is -2.47. The molecule has 4 aliphatic heterocycles. The van der Waals surface area contributed by atoms with Gasteiger partial charge in [-0.3, -0.25) is 14.8 Å². The maximum Gasteiger partial charge on any atom is 0.193 e. The van der Waals surface area contributed by atoms with Gasteiger partial charge < -0.3 is 10.2 Å². The van der Waals surface area contributed by atoms with Gasteiger partial charge in [0.15, 0.2) is 5.96 Å². The van der Waals surface area contributed by atoms with E-state index in [4.69, 9.17) is 4.99 Å². The lowest BCUT2D eigenvalue weighted by molar-refractivity contribution is 0.0173. The number of nitrogens with zero attached hydrogens (tertiary/aromatic N) is 4. The Morgan fingerprint density at radius 2 is 1.67 bits per heavy atom. The molecular weight excluding hydrogens is 413 g/mol. The summed E-state index contributed by atoms with van der Waals surface area (Å²) in [5.41, 5.74) is 0. The number of halogens is 1. The molecule has 0 aromatic heterocycles. The van der Waals surface area contributed by atoms with E-state index in [1.165, 1.54) is 77.5 Å². The maximum atomic E-state index is 5.06. The molecule has 5 rings (SSSR count). The van der Waals surface area contributed by atoms with Gasteiger partial charge in [-0.05, 0) is 31.6 Å². The van der Waals surface area contributed by atoms with Crippen LogP contribution in [0.15, 0.2) is 4.99 Å². The lowest BCUT2D eigenvalue weighted by atomic mass is 9.82. The first-order chi connectivity index (χ1) is 11.3. The summed E-state index contributed by atoms with van der Waals surface area (Å²) in [6.07, 6.45) is 5.75. The van der Waals surface area contributed by atoms with E-state index in [1.807, 2.05) is 0 Å². The van der Waals surface area contributed by atoms with E-state index in [0.29, 0.717) is 6.04 Å². The molecule has 4 heterocycles. The second-order valence-electron chi connectivity index (χ2n) is 7.89. The summed E-state index contributed by atoms with van der Waals surface area (Å²) in [7, 11) is 0. The molecule has 0 aromatic carbocycles. The van der Waals surface area contributed by atoms with Crippen LogP contribution < -0.4 is 5.32 Å². The van der Waals surface area contributed by atoms with Gasteiger partial charge >= 0.3 is 0 Å². The molecule has 3 atom stereocenters. The van der Waals surface area contributed by atoms with Crippen molar-refractivity contribution in [2.45, 2.75) is 38.6 Å². The highest BCUT2D eigenvalue weighted by molar-refractivity contribution is 14.0. The number of hydrogen-bond acceptors (Lipinski definition) is 3. The Balaban J connectivity index is 0.00000169. The molecule has 6 heteroatoms. The Hall–Kier alpha value is -0.0800. The highest BCUT2D eigenvalue weighted by atomic mass is 127. The highest BCUT2D eigenvalue weighted by Crippen LogP contribution is 2.36. The first-order valence-electron chi connectivity index (χ1n) is 9.83. The van der Waals surface area contributed by atoms with Crippen molar-refractivity contribution in [1.82, 2.24) is 20.0 Å². The van der Waals surface area contributed by atoms with Gasteiger partial charge in [0.1, 0.15) is 0 Å². The van der Waals surface area contributed by atoms with Crippen molar-refractivity contribution in [2.75, 3.05) is 58.9 Å². The standard InChI is InChI=1S/C18H33N5.HI/c1-2-19-18(23-12-15-5-3-4-6-16(15)13-23)20-11-17-14-21-7-9-22(17)10-8-21;/h15-17H,2-14H2,1H3,(H,19,20);1H. The third kappa shape index (κ3) is 4.01. The van der Waals surface area contributed by atoms with Gasteiger partial charge in [-0.1, -0.05) is 12.8 Å². The quantitative estimate of drug-likeness (QED) is 0.406. The van der Waals surface area contributed by atoms with Crippen LogP contribution in [-0.4, -0.2) is 85.6 Å². The topological polar surface area (TPSA) is 34.1 Å². The van der Waals surface area contributed by atoms with Gasteiger partial charge in [-0.15, -0.1) is 24.0 Å². The number of nitrogens with one attached hydrogen (secondary N) is 1. The third-order valence-corrected chi connectivity index (χ3v) is 6.45. The van der Waals surface area contributed by atoms with Crippen LogP contribution in [0.2, 0.25) is 0 Å². The second kappa shape index (κ2) is 8.54. The molecular formula is C18H34IN5. The van der Waals surface area contributed by atoms with Crippen molar-refractivity contribution in [3.8, 4) is 0 Å². The highest BCUT2D eigenvalue weighted by Gasteiger charge is 2.36. The molecule has 24 heavy (non-hydrogen) atoms. The zero-order chi connectivity index (χ0) is 15.6. The van der Waals surface area contributed by atoms with Crippen molar-refractivity contribution in [2.24, 2.45) is 16.8 Å². The molecule has 4 saturated heterocycles. The van der Waals surface area contributed by atoms with E-state index in [9.17, 15) is 0 Å². The van der Waals surface area contributed by atoms with Crippen LogP contribution in [0.5, 0.6) is 0 Å². The normalized spacial score (nSPS) is 38.6. The van der Waals surface area contributed by atoms with Crippen molar-refractivity contribution in [3.05, 3.63) is 0 Å². The van der Waals surface area contributed by atoms with E-state index >= 15 is 0 Å². The van der Waals surface area contributed by atoms with E-state index in [1.54, 1.807) is 0 Å². The van der Waals surface area contributed by atoms with E-state index < -0.39 is 0 Å². The van der Waals surface area contributed by atoms with Gasteiger partial charge in [-0.25, -0.2) is 0 Å². The summed E-state index contributed by atoms with van der Waals surface area (Å²) >= 11 is 0. The monoisotopic (exact) mass is 447 g/mol. The molecule has 5 nitrogen and oxygen atoms in total. The Bertz CT molecular complexity index is 421. The predicted molar refractivity (Wildman–Crippen MR) is 110 cm³/mol. The van der Waals surface area contributed by atoms with Gasteiger partial charge in [0.05, 0.1) is 6.54 Å². The third-order valence-electron chi connectivity index (χ3n) is 6.45. The first kappa shape index (κ1) is 18.7. The molecule has 1 aliphatic carbocycles. The van der Waals surface area contributed by atoms with Gasteiger partial charge in [0.25, 0.3) is 0 Å². The van der Waals surface area contributed by atoms with Crippen LogP contribution in [0.25, 0.3) is 0 Å². The molecule has 5 fully saturated rings. The number of rotatable bonds is 3. The summed E-state index contributed by atoms with van der Waals surface area (Å²) in [5.74, 6) is 3.03. The zero-order valence-corrected chi connectivity index (χ0v) is 17.5. The summed E-state index contributed by atoms with van der Waals surface area (Å²) in [5, 5.41) is 3.56.